The molecule has 0 aliphatic rings. The zero-order valence-corrected chi connectivity index (χ0v) is 16.8. The molecule has 0 saturated carbocycles. The van der Waals surface area contributed by atoms with Gasteiger partial charge >= 0.3 is 0 Å². The van der Waals surface area contributed by atoms with Gasteiger partial charge < -0.3 is 4.74 Å². The molecular weight excluding hydrogens is 374 g/mol. The standard InChI is InChI=1S/C21H25N3O3S/c1-3-15(2)27-18-12-10-17(11-13-18)20(26)22-21(28)24-23-19(25)14-9-16-7-5-4-6-8-16/h4-8,10-13,15H,3,9,14H2,1-2H3,(H,23,25)(H2,22,24,26,28). The lowest BCUT2D eigenvalue weighted by Gasteiger charge is -2.13. The number of carbonyl (C=O) groups is 2. The molecule has 0 aromatic heterocycles. The zero-order valence-electron chi connectivity index (χ0n) is 16.0. The molecule has 0 aliphatic heterocycles. The molecule has 1 atom stereocenters. The van der Waals surface area contributed by atoms with Crippen molar-refractivity contribution in [2.24, 2.45) is 0 Å². The van der Waals surface area contributed by atoms with Crippen LogP contribution >= 0.6 is 12.2 Å². The largest absolute Gasteiger partial charge is 0.491 e. The van der Waals surface area contributed by atoms with Crippen molar-refractivity contribution in [1.29, 1.82) is 0 Å². The topological polar surface area (TPSA) is 79.5 Å². The van der Waals surface area contributed by atoms with Gasteiger partial charge in [-0.05, 0) is 61.8 Å². The van der Waals surface area contributed by atoms with E-state index in [2.05, 4.69) is 16.2 Å². The number of ether oxygens (including phenoxy) is 1. The summed E-state index contributed by atoms with van der Waals surface area (Å²) in [5.41, 5.74) is 6.54. The van der Waals surface area contributed by atoms with Crippen molar-refractivity contribution < 1.29 is 14.3 Å². The van der Waals surface area contributed by atoms with Gasteiger partial charge in [0.15, 0.2) is 5.11 Å². The third-order valence-electron chi connectivity index (χ3n) is 4.05. The molecule has 0 saturated heterocycles. The van der Waals surface area contributed by atoms with E-state index in [9.17, 15) is 9.59 Å². The molecule has 2 rings (SSSR count). The fraction of sp³-hybridized carbons (Fsp3) is 0.286. The number of amides is 2. The maximum absolute atomic E-state index is 12.2. The summed E-state index contributed by atoms with van der Waals surface area (Å²) >= 11 is 5.04. The molecular formula is C21H25N3O3S. The van der Waals surface area contributed by atoms with E-state index in [1.165, 1.54) is 0 Å². The first kappa shape index (κ1) is 21.4. The van der Waals surface area contributed by atoms with Gasteiger partial charge in [-0.25, -0.2) is 0 Å². The van der Waals surface area contributed by atoms with E-state index >= 15 is 0 Å². The average Bonchev–Trinajstić information content (AvgIpc) is 2.71. The second-order valence-corrected chi connectivity index (χ2v) is 6.71. The van der Waals surface area contributed by atoms with Crippen molar-refractivity contribution >= 4 is 29.1 Å². The summed E-state index contributed by atoms with van der Waals surface area (Å²) in [4.78, 5) is 24.1. The molecule has 7 heteroatoms. The van der Waals surface area contributed by atoms with Crippen LogP contribution in [-0.2, 0) is 11.2 Å². The van der Waals surface area contributed by atoms with Gasteiger partial charge in [0, 0.05) is 12.0 Å². The lowest BCUT2D eigenvalue weighted by Crippen LogP contribution is -2.48. The highest BCUT2D eigenvalue weighted by Crippen LogP contribution is 2.14. The molecule has 2 aromatic carbocycles. The Morgan fingerprint density at radius 1 is 1.04 bits per heavy atom. The Hall–Kier alpha value is -2.93. The highest BCUT2D eigenvalue weighted by atomic mass is 32.1. The predicted octanol–water partition coefficient (Wildman–Crippen LogP) is 3.13. The van der Waals surface area contributed by atoms with Crippen LogP contribution < -0.4 is 20.9 Å². The first-order valence-corrected chi connectivity index (χ1v) is 9.59. The summed E-state index contributed by atoms with van der Waals surface area (Å²) < 4.78 is 5.68. The van der Waals surface area contributed by atoms with E-state index < -0.39 is 0 Å². The number of hydrogen-bond acceptors (Lipinski definition) is 4. The van der Waals surface area contributed by atoms with Gasteiger partial charge in [-0.3, -0.25) is 25.8 Å². The van der Waals surface area contributed by atoms with Crippen LogP contribution in [0, 0.1) is 0 Å². The molecule has 2 amide bonds. The minimum absolute atomic E-state index is 0.0259. The fourth-order valence-corrected chi connectivity index (χ4v) is 2.44. The molecule has 148 valence electrons. The Kier molecular flexibility index (Phi) is 8.42. The quantitative estimate of drug-likeness (QED) is 0.492. The van der Waals surface area contributed by atoms with Crippen LogP contribution in [0.2, 0.25) is 0 Å². The second kappa shape index (κ2) is 11.0. The molecule has 0 spiro atoms. The maximum Gasteiger partial charge on any atom is 0.257 e. The zero-order chi connectivity index (χ0) is 20.4. The molecule has 0 heterocycles. The Labute approximate surface area is 170 Å². The molecule has 3 N–H and O–H groups in total. The van der Waals surface area contributed by atoms with Crippen molar-refractivity contribution in [1.82, 2.24) is 16.2 Å². The van der Waals surface area contributed by atoms with Crippen molar-refractivity contribution in [3.05, 3.63) is 65.7 Å². The Morgan fingerprint density at radius 2 is 1.71 bits per heavy atom. The van der Waals surface area contributed by atoms with Crippen molar-refractivity contribution in [3.63, 3.8) is 0 Å². The molecule has 0 bridgehead atoms. The molecule has 2 aromatic rings. The van der Waals surface area contributed by atoms with Gasteiger partial charge in [0.1, 0.15) is 5.75 Å². The summed E-state index contributed by atoms with van der Waals surface area (Å²) in [5, 5.41) is 2.55. The number of aryl methyl sites for hydroxylation is 1. The first-order valence-electron chi connectivity index (χ1n) is 9.18. The van der Waals surface area contributed by atoms with Crippen LogP contribution in [0.5, 0.6) is 5.75 Å². The summed E-state index contributed by atoms with van der Waals surface area (Å²) in [6.45, 7) is 4.03. The predicted molar refractivity (Wildman–Crippen MR) is 113 cm³/mol. The number of hydrazine groups is 1. The number of rotatable bonds is 7. The smallest absolute Gasteiger partial charge is 0.257 e. The number of hydrogen-bond donors (Lipinski definition) is 3. The SMILES string of the molecule is CCC(C)Oc1ccc(C(=O)NC(=S)NNC(=O)CCc2ccccc2)cc1. The summed E-state index contributed by atoms with van der Waals surface area (Å²) in [7, 11) is 0. The van der Waals surface area contributed by atoms with E-state index in [0.29, 0.717) is 24.2 Å². The van der Waals surface area contributed by atoms with E-state index in [4.69, 9.17) is 17.0 Å². The molecule has 0 radical (unpaired) electrons. The van der Waals surface area contributed by atoms with Crippen molar-refractivity contribution in [3.8, 4) is 5.75 Å². The number of thiocarbonyl (C=S) groups is 1. The second-order valence-electron chi connectivity index (χ2n) is 6.30. The summed E-state index contributed by atoms with van der Waals surface area (Å²) in [6, 6.07) is 16.5. The summed E-state index contributed by atoms with van der Waals surface area (Å²) in [6.07, 6.45) is 1.95. The highest BCUT2D eigenvalue weighted by Gasteiger charge is 2.09. The van der Waals surface area contributed by atoms with Gasteiger partial charge in [0.25, 0.3) is 5.91 Å². The van der Waals surface area contributed by atoms with E-state index in [0.717, 1.165) is 12.0 Å². The van der Waals surface area contributed by atoms with Crippen LogP contribution in [0.1, 0.15) is 42.6 Å². The molecule has 0 aliphatic carbocycles. The number of carbonyl (C=O) groups excluding carboxylic acids is 2. The van der Waals surface area contributed by atoms with Crippen LogP contribution in [0.4, 0.5) is 0 Å². The van der Waals surface area contributed by atoms with E-state index in [1.807, 2.05) is 44.2 Å². The summed E-state index contributed by atoms with van der Waals surface area (Å²) in [5.74, 6) is 0.121. The van der Waals surface area contributed by atoms with Crippen LogP contribution in [-0.4, -0.2) is 23.0 Å². The lowest BCUT2D eigenvalue weighted by atomic mass is 10.1. The Bertz CT molecular complexity index is 794. The first-order chi connectivity index (χ1) is 13.5. The van der Waals surface area contributed by atoms with Gasteiger partial charge in [-0.1, -0.05) is 37.3 Å². The van der Waals surface area contributed by atoms with Crippen LogP contribution in [0.3, 0.4) is 0 Å². The van der Waals surface area contributed by atoms with E-state index in [-0.39, 0.29) is 23.0 Å². The fourth-order valence-electron chi connectivity index (χ4n) is 2.30. The van der Waals surface area contributed by atoms with Gasteiger partial charge in [0.2, 0.25) is 5.91 Å². The monoisotopic (exact) mass is 399 g/mol. The molecule has 28 heavy (non-hydrogen) atoms. The third-order valence-corrected chi connectivity index (χ3v) is 4.26. The van der Waals surface area contributed by atoms with Gasteiger partial charge in [-0.2, -0.15) is 0 Å². The maximum atomic E-state index is 12.2. The molecule has 0 fully saturated rings. The minimum Gasteiger partial charge on any atom is -0.491 e. The molecule has 6 nitrogen and oxygen atoms in total. The highest BCUT2D eigenvalue weighted by molar-refractivity contribution is 7.80. The van der Waals surface area contributed by atoms with Crippen LogP contribution in [0.25, 0.3) is 0 Å². The third kappa shape index (κ3) is 7.36. The van der Waals surface area contributed by atoms with Crippen molar-refractivity contribution in [2.75, 3.05) is 0 Å². The lowest BCUT2D eigenvalue weighted by molar-refractivity contribution is -0.121. The van der Waals surface area contributed by atoms with Crippen molar-refractivity contribution in [2.45, 2.75) is 39.2 Å². The van der Waals surface area contributed by atoms with Gasteiger partial charge in [0.05, 0.1) is 6.10 Å². The number of benzene rings is 2. The van der Waals surface area contributed by atoms with Crippen LogP contribution in [0.15, 0.2) is 54.6 Å². The van der Waals surface area contributed by atoms with E-state index in [1.54, 1.807) is 24.3 Å². The van der Waals surface area contributed by atoms with Gasteiger partial charge in [-0.15, -0.1) is 0 Å². The number of nitrogens with one attached hydrogen (secondary N) is 3. The Morgan fingerprint density at radius 3 is 2.36 bits per heavy atom. The minimum atomic E-state index is -0.369. The molecule has 1 unspecified atom stereocenters. The Balaban J connectivity index is 1.73. The normalized spacial score (nSPS) is 11.2. The average molecular weight is 400 g/mol.